The van der Waals surface area contributed by atoms with E-state index in [9.17, 15) is 9.59 Å². The summed E-state index contributed by atoms with van der Waals surface area (Å²) in [7, 11) is 0. The predicted molar refractivity (Wildman–Crippen MR) is 126 cm³/mol. The zero-order valence-electron chi connectivity index (χ0n) is 19.7. The Kier molecular flexibility index (Phi) is 10.1. The van der Waals surface area contributed by atoms with Crippen molar-refractivity contribution in [3.05, 3.63) is 24.2 Å². The van der Waals surface area contributed by atoms with Crippen molar-refractivity contribution in [3.63, 3.8) is 0 Å². The number of rotatable bonds is 11. The third-order valence-electron chi connectivity index (χ3n) is 5.89. The number of nitrogens with zero attached hydrogens (tertiary/aromatic N) is 2. The van der Waals surface area contributed by atoms with Crippen LogP contribution in [0.25, 0.3) is 6.08 Å². The zero-order chi connectivity index (χ0) is 23.5. The molecule has 2 fully saturated rings. The number of carbonyl (C=O) groups is 2. The molecule has 2 amide bonds. The summed E-state index contributed by atoms with van der Waals surface area (Å²) in [6.07, 6.45) is 14.0. The molecule has 1 saturated carbocycles. The first-order valence-corrected chi connectivity index (χ1v) is 12.1. The van der Waals surface area contributed by atoms with Crippen LogP contribution in [0.2, 0.25) is 0 Å². The summed E-state index contributed by atoms with van der Waals surface area (Å²) in [5.41, 5.74) is 2.89. The van der Waals surface area contributed by atoms with Crippen LogP contribution in [0.4, 0.5) is 5.82 Å². The van der Waals surface area contributed by atoms with E-state index in [-0.39, 0.29) is 11.9 Å². The molecule has 9 heteroatoms. The quantitative estimate of drug-likeness (QED) is 0.344. The summed E-state index contributed by atoms with van der Waals surface area (Å²) < 4.78 is 5.40. The van der Waals surface area contributed by atoms with Crippen molar-refractivity contribution >= 4 is 23.7 Å². The van der Waals surface area contributed by atoms with Gasteiger partial charge in [-0.25, -0.2) is 15.3 Å². The fourth-order valence-electron chi connectivity index (χ4n) is 4.09. The smallest absolute Gasteiger partial charge is 0.267 e. The first-order chi connectivity index (χ1) is 16.0. The summed E-state index contributed by atoms with van der Waals surface area (Å²) >= 11 is 0. The van der Waals surface area contributed by atoms with Gasteiger partial charge in [-0.3, -0.25) is 14.6 Å². The van der Waals surface area contributed by atoms with Crippen LogP contribution in [-0.4, -0.2) is 47.3 Å². The van der Waals surface area contributed by atoms with Gasteiger partial charge in [0.05, 0.1) is 18.1 Å². The van der Waals surface area contributed by atoms with E-state index in [0.717, 1.165) is 25.8 Å². The maximum absolute atomic E-state index is 12.8. The molecule has 9 nitrogen and oxygen atoms in total. The third kappa shape index (κ3) is 9.09. The van der Waals surface area contributed by atoms with E-state index in [4.69, 9.17) is 9.57 Å². The van der Waals surface area contributed by atoms with Gasteiger partial charge in [0.1, 0.15) is 11.9 Å². The third-order valence-corrected chi connectivity index (χ3v) is 5.89. The highest BCUT2D eigenvalue weighted by atomic mass is 16.8. The number of anilines is 1. The Morgan fingerprint density at radius 1 is 1.15 bits per heavy atom. The van der Waals surface area contributed by atoms with Crippen molar-refractivity contribution < 1.29 is 19.2 Å². The summed E-state index contributed by atoms with van der Waals surface area (Å²) in [5, 5.41) is 6.32. The lowest BCUT2D eigenvalue weighted by atomic mass is 10.0. The van der Waals surface area contributed by atoms with Crippen molar-refractivity contribution in [2.75, 3.05) is 18.5 Å². The van der Waals surface area contributed by atoms with E-state index in [1.165, 1.54) is 31.8 Å². The van der Waals surface area contributed by atoms with Crippen molar-refractivity contribution in [1.29, 1.82) is 0 Å². The minimum atomic E-state index is -0.399. The van der Waals surface area contributed by atoms with Crippen LogP contribution in [0.3, 0.4) is 0 Å². The van der Waals surface area contributed by atoms with E-state index in [0.29, 0.717) is 36.4 Å². The Morgan fingerprint density at radius 3 is 2.61 bits per heavy atom. The van der Waals surface area contributed by atoms with Crippen molar-refractivity contribution in [2.45, 2.75) is 77.5 Å². The van der Waals surface area contributed by atoms with Gasteiger partial charge < -0.3 is 15.4 Å². The molecular formula is C24H37N5O4. The molecule has 1 aliphatic carbocycles. The fourth-order valence-corrected chi connectivity index (χ4v) is 4.09. The second-order valence-corrected chi connectivity index (χ2v) is 9.26. The molecule has 33 heavy (non-hydrogen) atoms. The molecule has 0 bridgehead atoms. The maximum atomic E-state index is 12.8. The fraction of sp³-hybridized carbons (Fsp3) is 0.667. The molecular weight excluding hydrogens is 422 g/mol. The van der Waals surface area contributed by atoms with Crippen LogP contribution in [0.15, 0.2) is 18.5 Å². The highest BCUT2D eigenvalue weighted by Crippen LogP contribution is 2.24. The minimum absolute atomic E-state index is 0.0000103. The van der Waals surface area contributed by atoms with Gasteiger partial charge in [0.25, 0.3) is 5.91 Å². The Bertz CT molecular complexity index is 772. The largest absolute Gasteiger partial charge is 0.357 e. The highest BCUT2D eigenvalue weighted by molar-refractivity contribution is 5.90. The van der Waals surface area contributed by atoms with Crippen LogP contribution in [0.1, 0.15) is 70.9 Å². The van der Waals surface area contributed by atoms with Crippen molar-refractivity contribution in [1.82, 2.24) is 20.8 Å². The first kappa shape index (κ1) is 25.1. The molecule has 1 aromatic rings. The van der Waals surface area contributed by atoms with Gasteiger partial charge >= 0.3 is 0 Å². The van der Waals surface area contributed by atoms with Crippen LogP contribution < -0.4 is 16.1 Å². The molecule has 1 aromatic heterocycles. The van der Waals surface area contributed by atoms with Crippen molar-refractivity contribution in [3.8, 4) is 0 Å². The molecule has 1 unspecified atom stereocenters. The van der Waals surface area contributed by atoms with Gasteiger partial charge in [0, 0.05) is 25.6 Å². The molecule has 1 saturated heterocycles. The minimum Gasteiger partial charge on any atom is -0.357 e. The maximum Gasteiger partial charge on any atom is 0.267 e. The van der Waals surface area contributed by atoms with E-state index in [2.05, 4.69) is 39.9 Å². The molecule has 182 valence electrons. The number of amides is 2. The van der Waals surface area contributed by atoms with Crippen molar-refractivity contribution in [2.24, 2.45) is 11.8 Å². The van der Waals surface area contributed by atoms with E-state index in [1.807, 2.05) is 0 Å². The van der Waals surface area contributed by atoms with Gasteiger partial charge in [0.2, 0.25) is 5.91 Å². The molecule has 3 rings (SSSR count). The van der Waals surface area contributed by atoms with E-state index < -0.39 is 12.2 Å². The molecule has 2 aliphatic rings. The Balaban J connectivity index is 1.47. The Morgan fingerprint density at radius 2 is 1.94 bits per heavy atom. The standard InChI is InChI=1S/C24H37N5O4/c1-17(2)13-20(24(31)27-14-18-7-3-4-8-18)28-21-16-25-19(15-26-21)10-11-22(30)29-33-23-9-5-6-12-32-23/h10-11,15-18,20,23H,3-9,12-14H2,1-2H3,(H,26,28)(H,27,31)(H,29,30)/b11-10+/t20-,23?/m1/s1. The Hall–Kier alpha value is -2.52. The lowest BCUT2D eigenvalue weighted by Crippen LogP contribution is -2.42. The SMILES string of the molecule is CC(C)C[C@@H](Nc1cnc(/C=C/C(=O)NOC2CCCCO2)cn1)C(=O)NCC1CCCC1. The zero-order valence-corrected chi connectivity index (χ0v) is 19.7. The Labute approximate surface area is 196 Å². The van der Waals surface area contributed by atoms with Crippen LogP contribution in [-0.2, 0) is 19.2 Å². The topological polar surface area (TPSA) is 114 Å². The van der Waals surface area contributed by atoms with Gasteiger partial charge in [0.15, 0.2) is 6.29 Å². The second kappa shape index (κ2) is 13.3. The highest BCUT2D eigenvalue weighted by Gasteiger charge is 2.22. The summed E-state index contributed by atoms with van der Waals surface area (Å²) in [6.45, 7) is 5.57. The number of hydroxylamine groups is 1. The summed E-state index contributed by atoms with van der Waals surface area (Å²) in [5.74, 6) is 1.08. The number of carbonyl (C=O) groups excluding carboxylic acids is 2. The first-order valence-electron chi connectivity index (χ1n) is 12.1. The molecule has 0 radical (unpaired) electrons. The monoisotopic (exact) mass is 459 g/mol. The average molecular weight is 460 g/mol. The van der Waals surface area contributed by atoms with Gasteiger partial charge in [-0.05, 0) is 50.0 Å². The number of hydrogen-bond acceptors (Lipinski definition) is 7. The molecule has 2 heterocycles. The lowest BCUT2D eigenvalue weighted by Gasteiger charge is -2.21. The number of aromatic nitrogens is 2. The van der Waals surface area contributed by atoms with Crippen LogP contribution in [0, 0.1) is 11.8 Å². The summed E-state index contributed by atoms with van der Waals surface area (Å²) in [4.78, 5) is 38.6. The molecule has 2 atom stereocenters. The summed E-state index contributed by atoms with van der Waals surface area (Å²) in [6, 6.07) is -0.368. The average Bonchev–Trinajstić information content (AvgIpc) is 3.34. The number of nitrogens with one attached hydrogen (secondary N) is 3. The van der Waals surface area contributed by atoms with Gasteiger partial charge in [-0.2, -0.15) is 0 Å². The molecule has 1 aliphatic heterocycles. The van der Waals surface area contributed by atoms with Gasteiger partial charge in [-0.15, -0.1) is 0 Å². The molecule has 3 N–H and O–H groups in total. The number of hydrogen-bond donors (Lipinski definition) is 3. The second-order valence-electron chi connectivity index (χ2n) is 9.26. The van der Waals surface area contributed by atoms with Gasteiger partial charge in [-0.1, -0.05) is 26.7 Å². The molecule has 0 aromatic carbocycles. The van der Waals surface area contributed by atoms with E-state index in [1.54, 1.807) is 18.5 Å². The lowest BCUT2D eigenvalue weighted by molar-refractivity contribution is -0.198. The van der Waals surface area contributed by atoms with E-state index >= 15 is 0 Å². The number of ether oxygens (including phenoxy) is 1. The molecule has 0 spiro atoms. The normalized spacial score (nSPS) is 20.2. The van der Waals surface area contributed by atoms with Crippen LogP contribution >= 0.6 is 0 Å². The van der Waals surface area contributed by atoms with Crippen LogP contribution in [0.5, 0.6) is 0 Å². The predicted octanol–water partition coefficient (Wildman–Crippen LogP) is 3.20.